The third-order valence-corrected chi connectivity index (χ3v) is 4.43. The van der Waals surface area contributed by atoms with Crippen molar-refractivity contribution in [3.05, 3.63) is 24.3 Å². The third kappa shape index (κ3) is 2.76. The van der Waals surface area contributed by atoms with Gasteiger partial charge in [-0.2, -0.15) is 13.1 Å². The van der Waals surface area contributed by atoms with Gasteiger partial charge in [-0.1, -0.05) is 12.1 Å². The fourth-order valence-electron chi connectivity index (χ4n) is 2.02. The molecule has 0 radical (unpaired) electrons. The van der Waals surface area contributed by atoms with Crippen LogP contribution in [-0.2, 0) is 10.2 Å². The van der Waals surface area contributed by atoms with Crippen LogP contribution in [0.15, 0.2) is 24.3 Å². The van der Waals surface area contributed by atoms with Crippen molar-refractivity contribution < 1.29 is 8.42 Å². The molecule has 0 atom stereocenters. The molecule has 1 heterocycles. The minimum Gasteiger partial charge on any atom is -0.383 e. The molecule has 1 aliphatic rings. The van der Waals surface area contributed by atoms with E-state index in [2.05, 4.69) is 10.0 Å². The Morgan fingerprint density at radius 2 is 2.06 bits per heavy atom. The van der Waals surface area contributed by atoms with Gasteiger partial charge in [0.1, 0.15) is 0 Å². The van der Waals surface area contributed by atoms with E-state index in [4.69, 9.17) is 0 Å². The largest absolute Gasteiger partial charge is 0.383 e. The first kappa shape index (κ1) is 13.2. The average molecular weight is 269 g/mol. The van der Waals surface area contributed by atoms with Crippen LogP contribution >= 0.6 is 0 Å². The van der Waals surface area contributed by atoms with Crippen molar-refractivity contribution in [1.29, 1.82) is 0 Å². The lowest BCUT2D eigenvalue weighted by atomic mass is 10.2. The van der Waals surface area contributed by atoms with Crippen LogP contribution in [0.1, 0.15) is 20.3 Å². The Labute approximate surface area is 108 Å². The Balaban J connectivity index is 2.39. The van der Waals surface area contributed by atoms with E-state index in [1.807, 2.05) is 38.1 Å². The molecule has 5 nitrogen and oxygen atoms in total. The van der Waals surface area contributed by atoms with Crippen molar-refractivity contribution >= 4 is 21.6 Å². The standard InChI is InChI=1S/C12H19N3O2S/c1-10(2)14-18(16,17)15-9-5-8-13-11-6-3-4-7-12(11)15/h3-4,6-7,10,13-14H,5,8-9H2,1-2H3. The first-order chi connectivity index (χ1) is 8.50. The van der Waals surface area contributed by atoms with E-state index < -0.39 is 10.2 Å². The zero-order chi connectivity index (χ0) is 13.2. The van der Waals surface area contributed by atoms with Gasteiger partial charge in [-0.3, -0.25) is 4.31 Å². The molecule has 0 fully saturated rings. The van der Waals surface area contributed by atoms with Crippen molar-refractivity contribution in [3.8, 4) is 0 Å². The summed E-state index contributed by atoms with van der Waals surface area (Å²) in [4.78, 5) is 0. The van der Waals surface area contributed by atoms with Crippen LogP contribution in [0.25, 0.3) is 0 Å². The molecule has 18 heavy (non-hydrogen) atoms. The summed E-state index contributed by atoms with van der Waals surface area (Å²) in [6.45, 7) is 4.91. The highest BCUT2D eigenvalue weighted by Gasteiger charge is 2.26. The summed E-state index contributed by atoms with van der Waals surface area (Å²) < 4.78 is 28.7. The number of hydrogen-bond acceptors (Lipinski definition) is 3. The van der Waals surface area contributed by atoms with Crippen molar-refractivity contribution in [2.45, 2.75) is 26.3 Å². The quantitative estimate of drug-likeness (QED) is 0.875. The van der Waals surface area contributed by atoms with Crippen LogP contribution in [0.2, 0.25) is 0 Å². The van der Waals surface area contributed by atoms with Crippen molar-refractivity contribution in [1.82, 2.24) is 4.72 Å². The molecule has 0 aromatic heterocycles. The second kappa shape index (κ2) is 5.16. The fourth-order valence-corrected chi connectivity index (χ4v) is 3.53. The average Bonchev–Trinajstić information content (AvgIpc) is 2.49. The number of fused-ring (bicyclic) bond motifs is 1. The Kier molecular flexibility index (Phi) is 3.77. The van der Waals surface area contributed by atoms with Crippen LogP contribution < -0.4 is 14.3 Å². The smallest absolute Gasteiger partial charge is 0.301 e. The van der Waals surface area contributed by atoms with Crippen LogP contribution in [0.3, 0.4) is 0 Å². The summed E-state index contributed by atoms with van der Waals surface area (Å²) >= 11 is 0. The molecule has 0 saturated carbocycles. The maximum Gasteiger partial charge on any atom is 0.301 e. The Morgan fingerprint density at radius 1 is 1.33 bits per heavy atom. The maximum absolute atomic E-state index is 12.3. The third-order valence-electron chi connectivity index (χ3n) is 2.70. The van der Waals surface area contributed by atoms with Gasteiger partial charge < -0.3 is 5.32 Å². The molecule has 2 N–H and O–H groups in total. The van der Waals surface area contributed by atoms with E-state index in [9.17, 15) is 8.42 Å². The van der Waals surface area contributed by atoms with Gasteiger partial charge in [0.15, 0.2) is 0 Å². The van der Waals surface area contributed by atoms with Gasteiger partial charge in [0.2, 0.25) is 0 Å². The maximum atomic E-state index is 12.3. The van der Waals surface area contributed by atoms with Crippen LogP contribution in [0, 0.1) is 0 Å². The summed E-state index contributed by atoms with van der Waals surface area (Å²) in [5.74, 6) is 0. The van der Waals surface area contributed by atoms with Crippen molar-refractivity contribution in [2.75, 3.05) is 22.7 Å². The van der Waals surface area contributed by atoms with Gasteiger partial charge in [0, 0.05) is 19.1 Å². The topological polar surface area (TPSA) is 61.4 Å². The van der Waals surface area contributed by atoms with E-state index in [-0.39, 0.29) is 6.04 Å². The van der Waals surface area contributed by atoms with E-state index in [1.165, 1.54) is 4.31 Å². The van der Waals surface area contributed by atoms with Gasteiger partial charge >= 0.3 is 10.2 Å². The number of benzene rings is 1. The molecule has 0 bridgehead atoms. The summed E-state index contributed by atoms with van der Waals surface area (Å²) in [5.41, 5.74) is 1.58. The Bertz CT molecular complexity index is 514. The second-order valence-corrected chi connectivity index (χ2v) is 6.27. The SMILES string of the molecule is CC(C)NS(=O)(=O)N1CCCNc2ccccc21. The molecule has 6 heteroatoms. The minimum atomic E-state index is -3.48. The highest BCUT2D eigenvalue weighted by atomic mass is 32.2. The molecular weight excluding hydrogens is 250 g/mol. The summed E-state index contributed by atoms with van der Waals surface area (Å²) in [6, 6.07) is 7.37. The van der Waals surface area contributed by atoms with Crippen LogP contribution in [-0.4, -0.2) is 27.5 Å². The highest BCUT2D eigenvalue weighted by Crippen LogP contribution is 2.29. The monoisotopic (exact) mass is 269 g/mol. The molecule has 0 unspecified atom stereocenters. The Morgan fingerprint density at radius 3 is 2.78 bits per heavy atom. The van der Waals surface area contributed by atoms with Gasteiger partial charge in [0.25, 0.3) is 0 Å². The molecule has 0 saturated heterocycles. The molecule has 1 aliphatic heterocycles. The van der Waals surface area contributed by atoms with Crippen molar-refractivity contribution in [2.24, 2.45) is 0 Å². The first-order valence-corrected chi connectivity index (χ1v) is 7.57. The van der Waals surface area contributed by atoms with Crippen LogP contribution in [0.4, 0.5) is 11.4 Å². The van der Waals surface area contributed by atoms with E-state index in [0.717, 1.165) is 18.7 Å². The predicted octanol–water partition coefficient (Wildman–Crippen LogP) is 1.55. The zero-order valence-electron chi connectivity index (χ0n) is 10.7. The number of rotatable bonds is 3. The lowest BCUT2D eigenvalue weighted by Gasteiger charge is -2.25. The molecule has 0 amide bonds. The first-order valence-electron chi connectivity index (χ1n) is 6.13. The van der Waals surface area contributed by atoms with Gasteiger partial charge in [0.05, 0.1) is 11.4 Å². The number of anilines is 2. The summed E-state index contributed by atoms with van der Waals surface area (Å²) in [5, 5.41) is 3.25. The molecule has 100 valence electrons. The van der Waals surface area contributed by atoms with Gasteiger partial charge in [-0.05, 0) is 32.4 Å². The van der Waals surface area contributed by atoms with E-state index in [0.29, 0.717) is 12.2 Å². The summed E-state index contributed by atoms with van der Waals surface area (Å²) in [6.07, 6.45) is 0.785. The number of nitrogens with one attached hydrogen (secondary N) is 2. The normalized spacial score (nSPS) is 16.1. The van der Waals surface area contributed by atoms with Crippen molar-refractivity contribution in [3.63, 3.8) is 0 Å². The number of hydrogen-bond donors (Lipinski definition) is 2. The van der Waals surface area contributed by atoms with Gasteiger partial charge in [-0.15, -0.1) is 0 Å². The highest BCUT2D eigenvalue weighted by molar-refractivity contribution is 7.90. The minimum absolute atomic E-state index is 0.113. The fraction of sp³-hybridized carbons (Fsp3) is 0.500. The van der Waals surface area contributed by atoms with Crippen LogP contribution in [0.5, 0.6) is 0 Å². The lowest BCUT2D eigenvalue weighted by molar-refractivity contribution is 0.564. The molecule has 1 aromatic carbocycles. The lowest BCUT2D eigenvalue weighted by Crippen LogP contribution is -2.44. The zero-order valence-corrected chi connectivity index (χ0v) is 11.5. The Hall–Kier alpha value is -1.27. The molecule has 2 rings (SSSR count). The molecular formula is C12H19N3O2S. The molecule has 0 spiro atoms. The molecule has 1 aromatic rings. The second-order valence-electron chi connectivity index (χ2n) is 4.65. The summed E-state index contributed by atoms with van der Waals surface area (Å²) in [7, 11) is -3.48. The predicted molar refractivity (Wildman–Crippen MR) is 74.1 cm³/mol. The number of nitrogens with zero attached hydrogens (tertiary/aromatic N) is 1. The molecule has 0 aliphatic carbocycles. The van der Waals surface area contributed by atoms with E-state index in [1.54, 1.807) is 0 Å². The number of para-hydroxylation sites is 2. The van der Waals surface area contributed by atoms with Gasteiger partial charge in [-0.25, -0.2) is 0 Å². The van der Waals surface area contributed by atoms with E-state index >= 15 is 0 Å².